The average Bonchev–Trinajstić information content (AvgIpc) is 2.79. The maximum atomic E-state index is 13.1. The highest BCUT2D eigenvalue weighted by Crippen LogP contribution is 2.36. The van der Waals surface area contributed by atoms with Gasteiger partial charge in [-0.25, -0.2) is 4.79 Å². The first-order valence-electron chi connectivity index (χ1n) is 10.6. The van der Waals surface area contributed by atoms with Crippen LogP contribution in [0.1, 0.15) is 24.0 Å². The SMILES string of the molecule is Cc1ccccc1N1CCN(C(=O)N2CCC(C(=O)O)(c3ccccc3)CC2)CC1. The Bertz CT molecular complexity index is 899. The molecule has 0 unspecified atom stereocenters. The van der Waals surface area contributed by atoms with Crippen molar-refractivity contribution < 1.29 is 14.7 Å². The number of aliphatic carboxylic acids is 1. The molecule has 2 aliphatic rings. The number of nitrogens with zero attached hydrogens (tertiary/aromatic N) is 3. The quantitative estimate of drug-likeness (QED) is 0.848. The first-order valence-corrected chi connectivity index (χ1v) is 10.6. The number of benzene rings is 2. The van der Waals surface area contributed by atoms with E-state index in [9.17, 15) is 14.7 Å². The van der Waals surface area contributed by atoms with Gasteiger partial charge >= 0.3 is 12.0 Å². The number of para-hydroxylation sites is 1. The Morgan fingerprint density at radius 1 is 0.800 bits per heavy atom. The fraction of sp³-hybridized carbons (Fsp3) is 0.417. The summed E-state index contributed by atoms with van der Waals surface area (Å²) in [6, 6.07) is 17.8. The molecule has 0 atom stereocenters. The van der Waals surface area contributed by atoms with Crippen LogP contribution in [0.25, 0.3) is 0 Å². The number of aryl methyl sites for hydroxylation is 1. The maximum Gasteiger partial charge on any atom is 0.320 e. The van der Waals surface area contributed by atoms with E-state index in [4.69, 9.17) is 0 Å². The van der Waals surface area contributed by atoms with E-state index in [2.05, 4.69) is 30.0 Å². The third kappa shape index (κ3) is 3.74. The largest absolute Gasteiger partial charge is 0.481 e. The van der Waals surface area contributed by atoms with Gasteiger partial charge in [-0.15, -0.1) is 0 Å². The normalized spacial score (nSPS) is 18.9. The van der Waals surface area contributed by atoms with Crippen molar-refractivity contribution in [2.45, 2.75) is 25.2 Å². The molecule has 0 spiro atoms. The number of piperidine rings is 1. The predicted molar refractivity (Wildman–Crippen MR) is 117 cm³/mol. The maximum absolute atomic E-state index is 13.1. The second kappa shape index (κ2) is 8.38. The number of hydrogen-bond acceptors (Lipinski definition) is 3. The minimum absolute atomic E-state index is 0.0338. The van der Waals surface area contributed by atoms with Gasteiger partial charge in [0.05, 0.1) is 5.41 Å². The molecule has 2 fully saturated rings. The monoisotopic (exact) mass is 407 g/mol. The summed E-state index contributed by atoms with van der Waals surface area (Å²) in [6.07, 6.45) is 0.891. The number of hydrogen-bond donors (Lipinski definition) is 1. The lowest BCUT2D eigenvalue weighted by atomic mass is 9.73. The summed E-state index contributed by atoms with van der Waals surface area (Å²) in [5.74, 6) is -0.798. The van der Waals surface area contributed by atoms with Crippen molar-refractivity contribution in [2.75, 3.05) is 44.2 Å². The van der Waals surface area contributed by atoms with Gasteiger partial charge in [0.25, 0.3) is 0 Å². The van der Waals surface area contributed by atoms with E-state index < -0.39 is 11.4 Å². The molecule has 158 valence electrons. The molecule has 6 nitrogen and oxygen atoms in total. The van der Waals surface area contributed by atoms with Crippen molar-refractivity contribution in [2.24, 2.45) is 0 Å². The van der Waals surface area contributed by atoms with E-state index in [1.165, 1.54) is 11.3 Å². The van der Waals surface area contributed by atoms with Crippen LogP contribution in [-0.2, 0) is 10.2 Å². The second-order valence-electron chi connectivity index (χ2n) is 8.28. The number of amides is 2. The van der Waals surface area contributed by atoms with Crippen molar-refractivity contribution in [3.05, 3.63) is 65.7 Å². The fourth-order valence-electron chi connectivity index (χ4n) is 4.72. The van der Waals surface area contributed by atoms with E-state index in [-0.39, 0.29) is 6.03 Å². The lowest BCUT2D eigenvalue weighted by Gasteiger charge is -2.43. The minimum Gasteiger partial charge on any atom is -0.481 e. The summed E-state index contributed by atoms with van der Waals surface area (Å²) < 4.78 is 0. The van der Waals surface area contributed by atoms with Gasteiger partial charge in [0.2, 0.25) is 0 Å². The van der Waals surface area contributed by atoms with Crippen LogP contribution in [-0.4, -0.2) is 66.2 Å². The number of piperazine rings is 1. The van der Waals surface area contributed by atoms with Crippen LogP contribution in [0.3, 0.4) is 0 Å². The van der Waals surface area contributed by atoms with Crippen LogP contribution in [0.4, 0.5) is 10.5 Å². The standard InChI is InChI=1S/C24H29N3O3/c1-19-7-5-6-10-21(19)25-15-17-27(18-16-25)23(30)26-13-11-24(12-14-26,22(28)29)20-8-3-2-4-9-20/h2-10H,11-18H2,1H3,(H,28,29). The summed E-state index contributed by atoms with van der Waals surface area (Å²) in [7, 11) is 0. The lowest BCUT2D eigenvalue weighted by molar-refractivity contribution is -0.145. The van der Waals surface area contributed by atoms with Gasteiger partial charge < -0.3 is 19.8 Å². The molecule has 0 saturated carbocycles. The van der Waals surface area contributed by atoms with Crippen molar-refractivity contribution in [3.8, 4) is 0 Å². The topological polar surface area (TPSA) is 64.1 Å². The van der Waals surface area contributed by atoms with Crippen LogP contribution >= 0.6 is 0 Å². The molecule has 0 bridgehead atoms. The van der Waals surface area contributed by atoms with Gasteiger partial charge in [-0.3, -0.25) is 4.79 Å². The zero-order valence-corrected chi connectivity index (χ0v) is 17.5. The van der Waals surface area contributed by atoms with E-state index in [0.29, 0.717) is 39.0 Å². The minimum atomic E-state index is -0.901. The summed E-state index contributed by atoms with van der Waals surface area (Å²) in [5.41, 5.74) is 2.41. The van der Waals surface area contributed by atoms with E-state index >= 15 is 0 Å². The number of likely N-dealkylation sites (tertiary alicyclic amines) is 1. The van der Waals surface area contributed by atoms with Gasteiger partial charge in [0.15, 0.2) is 0 Å². The number of rotatable bonds is 3. The molecule has 2 amide bonds. The van der Waals surface area contributed by atoms with Crippen LogP contribution in [0.5, 0.6) is 0 Å². The Morgan fingerprint density at radius 2 is 1.37 bits per heavy atom. The smallest absolute Gasteiger partial charge is 0.320 e. The summed E-state index contributed by atoms with van der Waals surface area (Å²) >= 11 is 0. The summed E-state index contributed by atoms with van der Waals surface area (Å²) in [4.78, 5) is 31.3. The average molecular weight is 408 g/mol. The zero-order chi connectivity index (χ0) is 21.1. The number of anilines is 1. The van der Waals surface area contributed by atoms with Crippen molar-refractivity contribution in [1.82, 2.24) is 9.80 Å². The summed E-state index contributed by atoms with van der Waals surface area (Å²) in [6.45, 7) is 6.05. The Hall–Kier alpha value is -3.02. The van der Waals surface area contributed by atoms with Gasteiger partial charge in [-0.1, -0.05) is 48.5 Å². The zero-order valence-electron chi connectivity index (χ0n) is 17.5. The van der Waals surface area contributed by atoms with E-state index in [1.54, 1.807) is 0 Å². The number of carboxylic acids is 1. The Kier molecular flexibility index (Phi) is 5.66. The van der Waals surface area contributed by atoms with Crippen molar-refractivity contribution >= 4 is 17.7 Å². The Morgan fingerprint density at radius 3 is 1.97 bits per heavy atom. The third-order valence-electron chi connectivity index (χ3n) is 6.63. The fourth-order valence-corrected chi connectivity index (χ4v) is 4.72. The number of carboxylic acid groups (broad SMARTS) is 1. The van der Waals surface area contributed by atoms with Crippen molar-refractivity contribution in [1.29, 1.82) is 0 Å². The van der Waals surface area contributed by atoms with Crippen LogP contribution in [0.2, 0.25) is 0 Å². The lowest BCUT2D eigenvalue weighted by Crippen LogP contribution is -2.56. The molecule has 2 aromatic carbocycles. The Labute approximate surface area is 177 Å². The summed E-state index contributed by atoms with van der Waals surface area (Å²) in [5, 5.41) is 9.96. The van der Waals surface area contributed by atoms with Gasteiger partial charge in [0, 0.05) is 45.0 Å². The first-order chi connectivity index (χ1) is 14.5. The molecule has 0 aliphatic carbocycles. The van der Waals surface area contributed by atoms with Gasteiger partial charge in [-0.2, -0.15) is 0 Å². The van der Waals surface area contributed by atoms with Gasteiger partial charge in [-0.05, 0) is 37.0 Å². The highest BCUT2D eigenvalue weighted by atomic mass is 16.4. The van der Waals surface area contributed by atoms with Crippen molar-refractivity contribution in [3.63, 3.8) is 0 Å². The van der Waals surface area contributed by atoms with Gasteiger partial charge in [0.1, 0.15) is 0 Å². The first kappa shape index (κ1) is 20.3. The van der Waals surface area contributed by atoms with E-state index in [1.807, 2.05) is 46.2 Å². The van der Waals surface area contributed by atoms with Crippen LogP contribution in [0, 0.1) is 6.92 Å². The molecule has 2 aromatic rings. The molecule has 4 rings (SSSR count). The predicted octanol–water partition coefficient (Wildman–Crippen LogP) is 3.36. The molecule has 2 saturated heterocycles. The molecule has 1 N–H and O–H groups in total. The number of carbonyl (C=O) groups excluding carboxylic acids is 1. The highest BCUT2D eigenvalue weighted by Gasteiger charge is 2.44. The molecule has 6 heteroatoms. The Balaban J connectivity index is 1.37. The number of carbonyl (C=O) groups is 2. The molecular weight excluding hydrogens is 378 g/mol. The van der Waals surface area contributed by atoms with E-state index in [0.717, 1.165) is 18.7 Å². The molecule has 2 aliphatic heterocycles. The number of urea groups is 1. The third-order valence-corrected chi connectivity index (χ3v) is 6.63. The molecular formula is C24H29N3O3. The molecule has 0 radical (unpaired) electrons. The van der Waals surface area contributed by atoms with Crippen LogP contribution < -0.4 is 4.90 Å². The second-order valence-corrected chi connectivity index (χ2v) is 8.28. The molecule has 2 heterocycles. The molecule has 0 aromatic heterocycles. The van der Waals surface area contributed by atoms with Crippen LogP contribution in [0.15, 0.2) is 54.6 Å². The highest BCUT2D eigenvalue weighted by molar-refractivity contribution is 5.82. The molecule has 30 heavy (non-hydrogen) atoms.